The summed E-state index contributed by atoms with van der Waals surface area (Å²) in [6.07, 6.45) is 14.4. The second-order valence-electron chi connectivity index (χ2n) is 7.19. The molecule has 0 unspecified atom stereocenters. The van der Waals surface area contributed by atoms with Gasteiger partial charge in [0.1, 0.15) is 0 Å². The molecule has 0 radical (unpaired) electrons. The molecule has 0 amide bonds. The molecule has 2 aliphatic rings. The number of aryl methyl sites for hydroxylation is 1. The molecule has 0 bridgehead atoms. The number of rotatable bonds is 6. The lowest BCUT2D eigenvalue weighted by molar-refractivity contribution is -0.115. The van der Waals surface area contributed by atoms with Gasteiger partial charge in [0.25, 0.3) is 0 Å². The van der Waals surface area contributed by atoms with Crippen LogP contribution < -0.4 is 10.6 Å². The van der Waals surface area contributed by atoms with E-state index in [-0.39, 0.29) is 5.78 Å². The molecule has 0 fully saturated rings. The zero-order chi connectivity index (χ0) is 19.7. The Labute approximate surface area is 174 Å². The molecular formula is C24H21Cl2NO. The first kappa shape index (κ1) is 19.0. The predicted molar refractivity (Wildman–Crippen MR) is 118 cm³/mol. The van der Waals surface area contributed by atoms with Gasteiger partial charge in [0.2, 0.25) is 0 Å². The number of hydrogen-bond donors (Lipinski definition) is 1. The van der Waals surface area contributed by atoms with Gasteiger partial charge in [-0.15, -0.1) is 0 Å². The second-order valence-corrected chi connectivity index (χ2v) is 8.03. The molecule has 2 aliphatic carbocycles. The molecule has 0 atom stereocenters. The summed E-state index contributed by atoms with van der Waals surface area (Å²) in [5.41, 5.74) is 4.93. The van der Waals surface area contributed by atoms with E-state index in [4.69, 9.17) is 23.2 Å². The van der Waals surface area contributed by atoms with Crippen molar-refractivity contribution in [1.82, 2.24) is 4.98 Å². The van der Waals surface area contributed by atoms with Crippen LogP contribution in [-0.2, 0) is 11.2 Å². The predicted octanol–water partition coefficient (Wildman–Crippen LogP) is 5.15. The summed E-state index contributed by atoms with van der Waals surface area (Å²) in [5, 5.41) is 3.61. The molecule has 0 spiro atoms. The lowest BCUT2D eigenvalue weighted by atomic mass is 9.98. The summed E-state index contributed by atoms with van der Waals surface area (Å²) in [4.78, 5) is 16.0. The monoisotopic (exact) mass is 409 g/mol. The van der Waals surface area contributed by atoms with Crippen molar-refractivity contribution in [1.29, 1.82) is 0 Å². The topological polar surface area (TPSA) is 32.9 Å². The molecule has 4 heteroatoms. The van der Waals surface area contributed by atoms with E-state index in [9.17, 15) is 4.79 Å². The van der Waals surface area contributed by atoms with E-state index in [1.54, 1.807) is 12.1 Å². The van der Waals surface area contributed by atoms with Gasteiger partial charge in [0.15, 0.2) is 5.78 Å². The van der Waals surface area contributed by atoms with Crippen LogP contribution in [0.4, 0.5) is 0 Å². The maximum Gasteiger partial charge on any atom is 0.162 e. The molecule has 28 heavy (non-hydrogen) atoms. The minimum absolute atomic E-state index is 0.129. The van der Waals surface area contributed by atoms with Crippen LogP contribution in [0.1, 0.15) is 36.8 Å². The Bertz CT molecular complexity index is 1150. The fourth-order valence-corrected chi connectivity index (χ4v) is 4.27. The second kappa shape index (κ2) is 7.98. The van der Waals surface area contributed by atoms with Gasteiger partial charge in [-0.2, -0.15) is 0 Å². The van der Waals surface area contributed by atoms with E-state index in [0.29, 0.717) is 22.9 Å². The summed E-state index contributed by atoms with van der Waals surface area (Å²) >= 11 is 12.1. The Morgan fingerprint density at radius 2 is 1.96 bits per heavy atom. The molecule has 0 saturated carbocycles. The molecule has 1 aromatic heterocycles. The van der Waals surface area contributed by atoms with Crippen LogP contribution in [0.3, 0.4) is 0 Å². The third-order valence-electron chi connectivity index (χ3n) is 5.36. The van der Waals surface area contributed by atoms with Gasteiger partial charge in [0.05, 0.1) is 0 Å². The van der Waals surface area contributed by atoms with Crippen molar-refractivity contribution in [2.24, 2.45) is 0 Å². The van der Waals surface area contributed by atoms with Crippen LogP contribution in [0.5, 0.6) is 0 Å². The van der Waals surface area contributed by atoms with E-state index in [1.165, 1.54) is 10.6 Å². The molecular weight excluding hydrogens is 389 g/mol. The van der Waals surface area contributed by atoms with Gasteiger partial charge in [-0.05, 0) is 60.6 Å². The summed E-state index contributed by atoms with van der Waals surface area (Å²) in [7, 11) is 0. The molecule has 2 nitrogen and oxygen atoms in total. The fraction of sp³-hybridized carbons (Fsp3) is 0.208. The van der Waals surface area contributed by atoms with Gasteiger partial charge in [-0.25, -0.2) is 0 Å². The number of nitrogens with one attached hydrogen (secondary N) is 1. The van der Waals surface area contributed by atoms with Crippen LogP contribution in [0, 0.1) is 0 Å². The third-order valence-corrected chi connectivity index (χ3v) is 5.95. The normalized spacial score (nSPS) is 15.2. The molecule has 1 heterocycles. The average molecular weight is 410 g/mol. The highest BCUT2D eigenvalue weighted by molar-refractivity contribution is 6.35. The molecule has 4 rings (SSSR count). The fourth-order valence-electron chi connectivity index (χ4n) is 3.76. The number of H-pyrrole nitrogens is 1. The van der Waals surface area contributed by atoms with Gasteiger partial charge in [-0.3, -0.25) is 4.79 Å². The number of Topliss-reactive ketones (excluding diaryl/α,β-unsaturated/α-hetero) is 1. The van der Waals surface area contributed by atoms with Crippen molar-refractivity contribution in [3.8, 4) is 0 Å². The van der Waals surface area contributed by atoms with Crippen LogP contribution in [0.25, 0.3) is 17.7 Å². The lowest BCUT2D eigenvalue weighted by Gasteiger charge is -2.06. The van der Waals surface area contributed by atoms with E-state index >= 15 is 0 Å². The van der Waals surface area contributed by atoms with Crippen molar-refractivity contribution < 1.29 is 4.79 Å². The minimum Gasteiger partial charge on any atom is -0.361 e. The number of benzene rings is 1. The van der Waals surface area contributed by atoms with Crippen LogP contribution in [0.2, 0.25) is 10.0 Å². The van der Waals surface area contributed by atoms with Crippen molar-refractivity contribution in [3.63, 3.8) is 0 Å². The smallest absolute Gasteiger partial charge is 0.162 e. The van der Waals surface area contributed by atoms with Crippen molar-refractivity contribution in [3.05, 3.63) is 86.0 Å². The first-order chi connectivity index (χ1) is 13.5. The zero-order valence-corrected chi connectivity index (χ0v) is 17.0. The maximum absolute atomic E-state index is 12.7. The summed E-state index contributed by atoms with van der Waals surface area (Å²) in [6, 6.07) is 5.40. The first-order valence-corrected chi connectivity index (χ1v) is 10.2. The number of halogens is 2. The number of aromatic amines is 1. The highest BCUT2D eigenvalue weighted by Crippen LogP contribution is 2.30. The Balaban J connectivity index is 1.45. The number of carbonyl (C=O) groups excluding carboxylic acids is 1. The first-order valence-electron chi connectivity index (χ1n) is 9.48. The van der Waals surface area contributed by atoms with Crippen molar-refractivity contribution >= 4 is 46.7 Å². The summed E-state index contributed by atoms with van der Waals surface area (Å²) < 4.78 is 0. The van der Waals surface area contributed by atoms with E-state index in [0.717, 1.165) is 47.1 Å². The van der Waals surface area contributed by atoms with E-state index in [1.807, 2.05) is 24.4 Å². The molecule has 1 aromatic carbocycles. The van der Waals surface area contributed by atoms with Gasteiger partial charge in [-0.1, -0.05) is 54.1 Å². The Kier molecular flexibility index (Phi) is 5.43. The number of carbonyl (C=O) groups is 1. The average Bonchev–Trinajstić information content (AvgIpc) is 3.34. The Morgan fingerprint density at radius 3 is 2.79 bits per heavy atom. The standard InChI is InChI=1S/C24H21Cl2NO/c1-15(21-14-27-23-5-3-2-4-20(21)23)17-6-7-18(12-17)24(28)11-9-16-8-10-19(25)13-22(16)26/h4-5,7-8,10,12-14,27H,1-3,6,9,11H2. The van der Waals surface area contributed by atoms with Gasteiger partial charge < -0.3 is 4.98 Å². The zero-order valence-electron chi connectivity index (χ0n) is 15.5. The molecule has 142 valence electrons. The van der Waals surface area contributed by atoms with E-state index < -0.39 is 0 Å². The highest BCUT2D eigenvalue weighted by Gasteiger charge is 2.18. The van der Waals surface area contributed by atoms with Crippen molar-refractivity contribution in [2.75, 3.05) is 0 Å². The quantitative estimate of drug-likeness (QED) is 0.702. The van der Waals surface area contributed by atoms with Crippen LogP contribution in [-0.4, -0.2) is 10.8 Å². The minimum atomic E-state index is 0.129. The van der Waals surface area contributed by atoms with Crippen LogP contribution >= 0.6 is 23.2 Å². The van der Waals surface area contributed by atoms with E-state index in [2.05, 4.69) is 23.7 Å². The number of fused-ring (bicyclic) bond motifs is 1. The maximum atomic E-state index is 12.7. The molecule has 2 aromatic rings. The number of hydrogen-bond acceptors (Lipinski definition) is 1. The number of allylic oxidation sites excluding steroid dienone is 5. The number of aromatic nitrogens is 1. The van der Waals surface area contributed by atoms with Crippen LogP contribution in [0.15, 0.2) is 54.3 Å². The summed E-state index contributed by atoms with van der Waals surface area (Å²) in [6.45, 7) is 4.30. The van der Waals surface area contributed by atoms with Crippen molar-refractivity contribution in [2.45, 2.75) is 32.1 Å². The largest absolute Gasteiger partial charge is 0.361 e. The number of ketones is 1. The van der Waals surface area contributed by atoms with Gasteiger partial charge >= 0.3 is 0 Å². The lowest BCUT2D eigenvalue weighted by Crippen LogP contribution is -2.26. The third kappa shape index (κ3) is 3.80. The molecule has 0 saturated heterocycles. The van der Waals surface area contributed by atoms with Gasteiger partial charge in [0, 0.05) is 44.4 Å². The molecule has 0 aliphatic heterocycles. The Morgan fingerprint density at radius 1 is 1.14 bits per heavy atom. The highest BCUT2D eigenvalue weighted by atomic mass is 35.5. The Hall–Kier alpha value is -2.29. The summed E-state index contributed by atoms with van der Waals surface area (Å²) in [5.74, 6) is 0.129. The molecule has 1 N–H and O–H groups in total. The SMILES string of the molecule is C=C(C1=CC(C(=O)CCc2ccc(Cl)cc2Cl)=CC1)c1c[nH]c2c1=CCCC=2.